The van der Waals surface area contributed by atoms with E-state index in [1.54, 1.807) is 0 Å². The van der Waals surface area contributed by atoms with Crippen LogP contribution in [-0.4, -0.2) is 6.69 Å². The van der Waals surface area contributed by atoms with Crippen molar-refractivity contribution in [3.05, 3.63) is 0 Å². The molecule has 1 saturated carbocycles. The lowest BCUT2D eigenvalue weighted by atomic mass is 10.0. The van der Waals surface area contributed by atoms with Crippen LogP contribution in [0.25, 0.3) is 0 Å². The fourth-order valence-electron chi connectivity index (χ4n) is 1.81. The molecule has 1 aliphatic rings. The maximum absolute atomic E-state index is 6.30. The Labute approximate surface area is 79.7 Å². The van der Waals surface area contributed by atoms with E-state index in [4.69, 9.17) is 22.2 Å². The molecule has 0 radical (unpaired) electrons. The number of hydrogen-bond donors (Lipinski definition) is 0. The molecule has 0 aliphatic heterocycles. The van der Waals surface area contributed by atoms with Gasteiger partial charge in [0.25, 0.3) is 6.69 Å². The summed E-state index contributed by atoms with van der Waals surface area (Å²) in [6.45, 7) is 0.294. The molecule has 0 atom stereocenters. The van der Waals surface area contributed by atoms with E-state index in [2.05, 4.69) is 6.92 Å². The molecule has 0 unspecified atom stereocenters. The van der Waals surface area contributed by atoms with E-state index in [1.807, 2.05) is 0 Å². The Balaban J connectivity index is 2.43. The van der Waals surface area contributed by atoms with Crippen LogP contribution >= 0.6 is 22.2 Å². The second-order valence-corrected chi connectivity index (χ2v) is 11.1. The average molecular weight is 211 g/mol. The highest BCUT2D eigenvalue weighted by molar-refractivity contribution is 7.46. The molecular weight excluding hydrogens is 195 g/mol. The molecule has 0 saturated heterocycles. The van der Waals surface area contributed by atoms with Crippen LogP contribution in [0.4, 0.5) is 0 Å². The zero-order chi connectivity index (χ0) is 8.32. The molecular formula is C8H16Cl2Si. The SMILES string of the molecule is CC[Si](Cl)(Cl)C1CCCCC1. The first kappa shape index (κ1) is 9.88. The lowest BCUT2D eigenvalue weighted by Crippen LogP contribution is -2.27. The van der Waals surface area contributed by atoms with Crippen molar-refractivity contribution in [3.63, 3.8) is 0 Å². The summed E-state index contributed by atoms with van der Waals surface area (Å²) in [5.41, 5.74) is 0.685. The van der Waals surface area contributed by atoms with Gasteiger partial charge in [0.2, 0.25) is 0 Å². The van der Waals surface area contributed by atoms with Crippen LogP contribution in [0.1, 0.15) is 39.0 Å². The molecule has 66 valence electrons. The summed E-state index contributed by atoms with van der Waals surface area (Å²) >= 11 is 12.6. The predicted octanol–water partition coefficient (Wildman–Crippen LogP) is 4.26. The quantitative estimate of drug-likeness (QED) is 0.473. The first-order chi connectivity index (χ1) is 5.17. The number of rotatable bonds is 2. The van der Waals surface area contributed by atoms with Gasteiger partial charge in [0.15, 0.2) is 0 Å². The fourth-order valence-corrected chi connectivity index (χ4v) is 4.95. The van der Waals surface area contributed by atoms with Gasteiger partial charge in [-0.3, -0.25) is 0 Å². The van der Waals surface area contributed by atoms with E-state index in [1.165, 1.54) is 32.1 Å². The molecule has 1 rings (SSSR count). The number of halogens is 2. The van der Waals surface area contributed by atoms with Gasteiger partial charge in [0, 0.05) is 0 Å². The van der Waals surface area contributed by atoms with Gasteiger partial charge in [-0.05, 0) is 11.6 Å². The third-order valence-electron chi connectivity index (χ3n) is 2.67. The summed E-state index contributed by atoms with van der Waals surface area (Å²) in [6, 6.07) is 1.01. The summed E-state index contributed by atoms with van der Waals surface area (Å²) in [6.07, 6.45) is 6.65. The molecule has 0 nitrogen and oxygen atoms in total. The second-order valence-electron chi connectivity index (χ2n) is 3.45. The molecule has 1 aliphatic carbocycles. The van der Waals surface area contributed by atoms with Gasteiger partial charge in [-0.15, -0.1) is 22.2 Å². The summed E-state index contributed by atoms with van der Waals surface area (Å²) in [4.78, 5) is 0. The Morgan fingerprint density at radius 3 is 2.18 bits per heavy atom. The van der Waals surface area contributed by atoms with Crippen molar-refractivity contribution in [1.82, 2.24) is 0 Å². The zero-order valence-corrected chi connectivity index (χ0v) is 9.59. The van der Waals surface area contributed by atoms with Crippen LogP contribution in [0.3, 0.4) is 0 Å². The molecule has 0 aromatic carbocycles. The van der Waals surface area contributed by atoms with Gasteiger partial charge in [0.1, 0.15) is 0 Å². The Morgan fingerprint density at radius 2 is 1.73 bits per heavy atom. The maximum atomic E-state index is 6.30. The van der Waals surface area contributed by atoms with Crippen molar-refractivity contribution in [2.75, 3.05) is 0 Å². The van der Waals surface area contributed by atoms with E-state index in [-0.39, 0.29) is 0 Å². The third kappa shape index (κ3) is 2.64. The Hall–Kier alpha value is 0.797. The molecule has 0 N–H and O–H groups in total. The van der Waals surface area contributed by atoms with Crippen LogP contribution in [0.2, 0.25) is 11.6 Å². The van der Waals surface area contributed by atoms with Crippen LogP contribution in [-0.2, 0) is 0 Å². The molecule has 1 fully saturated rings. The largest absolute Gasteiger partial charge is 0.254 e. The van der Waals surface area contributed by atoms with Gasteiger partial charge < -0.3 is 0 Å². The fraction of sp³-hybridized carbons (Fsp3) is 1.00. The minimum atomic E-state index is -1.83. The minimum Gasteiger partial charge on any atom is -0.146 e. The monoisotopic (exact) mass is 210 g/mol. The lowest BCUT2D eigenvalue weighted by Gasteiger charge is -2.29. The molecule has 0 aromatic rings. The van der Waals surface area contributed by atoms with Crippen molar-refractivity contribution in [3.8, 4) is 0 Å². The Bertz CT molecular complexity index is 119. The normalized spacial score (nSPS) is 22.1. The summed E-state index contributed by atoms with van der Waals surface area (Å²) in [5, 5.41) is 0. The second kappa shape index (κ2) is 4.15. The molecule has 0 heterocycles. The van der Waals surface area contributed by atoms with E-state index in [0.717, 1.165) is 6.04 Å². The maximum Gasteiger partial charge on any atom is 0.254 e. The molecule has 3 heteroatoms. The van der Waals surface area contributed by atoms with Crippen LogP contribution in [0, 0.1) is 0 Å². The molecule has 0 aromatic heterocycles. The van der Waals surface area contributed by atoms with Crippen LogP contribution in [0.15, 0.2) is 0 Å². The van der Waals surface area contributed by atoms with Gasteiger partial charge in [0.05, 0.1) is 0 Å². The summed E-state index contributed by atoms with van der Waals surface area (Å²) < 4.78 is 0. The summed E-state index contributed by atoms with van der Waals surface area (Å²) in [5.74, 6) is 0. The van der Waals surface area contributed by atoms with E-state index in [9.17, 15) is 0 Å². The standard InChI is InChI=1S/C8H16Cl2Si/c1-2-11(9,10)8-6-4-3-5-7-8/h8H,2-7H2,1H3. The van der Waals surface area contributed by atoms with Crippen LogP contribution < -0.4 is 0 Å². The highest BCUT2D eigenvalue weighted by Gasteiger charge is 2.36. The van der Waals surface area contributed by atoms with Crippen molar-refractivity contribution < 1.29 is 0 Å². The minimum absolute atomic E-state index is 0.685. The average Bonchev–Trinajstić information content (AvgIpc) is 2.06. The van der Waals surface area contributed by atoms with Crippen molar-refractivity contribution >= 4 is 28.9 Å². The highest BCUT2D eigenvalue weighted by atomic mass is 35.7. The number of hydrogen-bond acceptors (Lipinski definition) is 0. The van der Waals surface area contributed by atoms with Gasteiger partial charge in [-0.1, -0.05) is 39.0 Å². The topological polar surface area (TPSA) is 0 Å². The van der Waals surface area contributed by atoms with E-state index < -0.39 is 6.69 Å². The Kier molecular flexibility index (Phi) is 3.73. The lowest BCUT2D eigenvalue weighted by molar-refractivity contribution is 0.497. The van der Waals surface area contributed by atoms with Crippen molar-refractivity contribution in [2.24, 2.45) is 0 Å². The third-order valence-corrected chi connectivity index (χ3v) is 8.84. The van der Waals surface area contributed by atoms with Crippen molar-refractivity contribution in [2.45, 2.75) is 50.6 Å². The van der Waals surface area contributed by atoms with Gasteiger partial charge >= 0.3 is 0 Å². The first-order valence-electron chi connectivity index (χ1n) is 4.54. The molecule has 11 heavy (non-hydrogen) atoms. The van der Waals surface area contributed by atoms with Gasteiger partial charge in [-0.25, -0.2) is 0 Å². The molecule has 0 amide bonds. The van der Waals surface area contributed by atoms with Gasteiger partial charge in [-0.2, -0.15) is 0 Å². The predicted molar refractivity (Wildman–Crippen MR) is 54.8 cm³/mol. The molecule has 0 spiro atoms. The van der Waals surface area contributed by atoms with E-state index >= 15 is 0 Å². The Morgan fingerprint density at radius 1 is 1.18 bits per heavy atom. The smallest absolute Gasteiger partial charge is 0.146 e. The summed E-state index contributed by atoms with van der Waals surface area (Å²) in [7, 11) is 0. The van der Waals surface area contributed by atoms with Crippen LogP contribution in [0.5, 0.6) is 0 Å². The van der Waals surface area contributed by atoms with E-state index in [0.29, 0.717) is 5.54 Å². The molecule has 0 bridgehead atoms. The first-order valence-corrected chi connectivity index (χ1v) is 8.85. The zero-order valence-electron chi connectivity index (χ0n) is 7.08. The van der Waals surface area contributed by atoms with Crippen molar-refractivity contribution in [1.29, 1.82) is 0 Å². The highest BCUT2D eigenvalue weighted by Crippen LogP contribution is 2.43.